The minimum atomic E-state index is -0.432. The van der Waals surface area contributed by atoms with Crippen LogP contribution in [0.3, 0.4) is 0 Å². The quantitative estimate of drug-likeness (QED) is 0.775. The Bertz CT molecular complexity index is 486. The van der Waals surface area contributed by atoms with Gasteiger partial charge in [-0.1, -0.05) is 6.07 Å². The van der Waals surface area contributed by atoms with Gasteiger partial charge in [0.25, 0.3) is 0 Å². The van der Waals surface area contributed by atoms with E-state index < -0.39 is 5.60 Å². The van der Waals surface area contributed by atoms with E-state index in [-0.39, 0.29) is 12.0 Å². The molecule has 18 heavy (non-hydrogen) atoms. The van der Waals surface area contributed by atoms with Gasteiger partial charge in [0, 0.05) is 12.1 Å². The zero-order chi connectivity index (χ0) is 13.5. The normalized spacial score (nSPS) is 18.2. The Kier molecular flexibility index (Phi) is 3.09. The number of carbonyl (C=O) groups excluding carboxylic acids is 1. The van der Waals surface area contributed by atoms with E-state index in [4.69, 9.17) is 4.74 Å². The van der Waals surface area contributed by atoms with Crippen LogP contribution in [0.1, 0.15) is 37.5 Å². The lowest BCUT2D eigenvalue weighted by Crippen LogP contribution is -2.35. The highest BCUT2D eigenvalue weighted by molar-refractivity contribution is 5.83. The third kappa shape index (κ3) is 2.66. The highest BCUT2D eigenvalue weighted by Gasteiger charge is 2.31. The lowest BCUT2D eigenvalue weighted by atomic mass is 10.0. The summed E-state index contributed by atoms with van der Waals surface area (Å²) in [5, 5.41) is 3.26. The van der Waals surface area contributed by atoms with Crippen molar-refractivity contribution in [2.24, 2.45) is 0 Å². The number of fused-ring (bicyclic) bond motifs is 1. The minimum Gasteiger partial charge on any atom is -0.458 e. The van der Waals surface area contributed by atoms with E-state index in [2.05, 4.69) is 31.3 Å². The highest BCUT2D eigenvalue weighted by Crippen LogP contribution is 2.30. The zero-order valence-corrected chi connectivity index (χ0v) is 11.8. The number of aryl methyl sites for hydroxylation is 2. The molecule has 0 radical (unpaired) electrons. The average Bonchev–Trinajstić information content (AvgIpc) is 2.58. The first-order valence-corrected chi connectivity index (χ1v) is 6.36. The predicted molar refractivity (Wildman–Crippen MR) is 72.9 cm³/mol. The lowest BCUT2D eigenvalue weighted by molar-refractivity contribution is -0.155. The first-order chi connectivity index (χ1) is 8.26. The van der Waals surface area contributed by atoms with Gasteiger partial charge in [-0.05, 0) is 57.4 Å². The summed E-state index contributed by atoms with van der Waals surface area (Å²) in [5.41, 5.74) is 4.32. The van der Waals surface area contributed by atoms with Gasteiger partial charge >= 0.3 is 5.97 Å². The molecule has 1 aliphatic heterocycles. The van der Waals surface area contributed by atoms with Crippen molar-refractivity contribution in [1.29, 1.82) is 0 Å². The van der Waals surface area contributed by atoms with Crippen LogP contribution in [0.5, 0.6) is 0 Å². The van der Waals surface area contributed by atoms with Crippen LogP contribution in [-0.4, -0.2) is 17.6 Å². The van der Waals surface area contributed by atoms with Crippen molar-refractivity contribution in [1.82, 2.24) is 0 Å². The summed E-state index contributed by atoms with van der Waals surface area (Å²) in [6, 6.07) is 3.99. The number of hydrogen-bond donors (Lipinski definition) is 1. The van der Waals surface area contributed by atoms with Crippen LogP contribution >= 0.6 is 0 Å². The molecule has 0 aliphatic carbocycles. The Morgan fingerprint density at radius 2 is 2.00 bits per heavy atom. The molecule has 3 heteroatoms. The summed E-state index contributed by atoms with van der Waals surface area (Å²) in [4.78, 5) is 12.0. The molecule has 2 rings (SSSR count). The second kappa shape index (κ2) is 4.30. The second-order valence-electron chi connectivity index (χ2n) is 6.04. The summed E-state index contributed by atoms with van der Waals surface area (Å²) >= 11 is 0. The number of rotatable bonds is 1. The monoisotopic (exact) mass is 247 g/mol. The molecular formula is C15H21NO2. The van der Waals surface area contributed by atoms with Crippen molar-refractivity contribution in [3.05, 3.63) is 28.8 Å². The second-order valence-corrected chi connectivity index (χ2v) is 6.04. The maximum absolute atomic E-state index is 12.0. The smallest absolute Gasteiger partial charge is 0.329 e. The molecule has 0 amide bonds. The Balaban J connectivity index is 2.15. The van der Waals surface area contributed by atoms with E-state index >= 15 is 0 Å². The van der Waals surface area contributed by atoms with Crippen molar-refractivity contribution >= 4 is 11.7 Å². The van der Waals surface area contributed by atoms with Gasteiger partial charge in [0.15, 0.2) is 0 Å². The van der Waals surface area contributed by atoms with E-state index in [9.17, 15) is 4.79 Å². The number of benzene rings is 1. The van der Waals surface area contributed by atoms with Gasteiger partial charge < -0.3 is 10.1 Å². The first-order valence-electron chi connectivity index (χ1n) is 6.36. The summed E-state index contributed by atoms with van der Waals surface area (Å²) in [6.07, 6.45) is 0.719. The first kappa shape index (κ1) is 12.9. The fraction of sp³-hybridized carbons (Fsp3) is 0.533. The fourth-order valence-corrected chi connectivity index (χ4v) is 2.36. The van der Waals surface area contributed by atoms with E-state index in [1.807, 2.05) is 20.8 Å². The molecule has 1 atom stereocenters. The molecular weight excluding hydrogens is 226 g/mol. The lowest BCUT2D eigenvalue weighted by Gasteiger charge is -2.22. The van der Waals surface area contributed by atoms with Crippen LogP contribution < -0.4 is 5.32 Å². The van der Waals surface area contributed by atoms with Crippen LogP contribution in [0.15, 0.2) is 12.1 Å². The van der Waals surface area contributed by atoms with Crippen molar-refractivity contribution in [2.45, 2.75) is 52.7 Å². The molecule has 1 aromatic carbocycles. The summed E-state index contributed by atoms with van der Waals surface area (Å²) in [7, 11) is 0. The molecule has 1 heterocycles. The van der Waals surface area contributed by atoms with E-state index in [0.717, 1.165) is 12.1 Å². The van der Waals surface area contributed by atoms with Gasteiger partial charge in [0.05, 0.1) is 0 Å². The van der Waals surface area contributed by atoms with Crippen LogP contribution in [-0.2, 0) is 16.0 Å². The van der Waals surface area contributed by atoms with Crippen LogP contribution in [0.4, 0.5) is 5.69 Å². The standard InChI is InChI=1S/C15H21NO2/c1-9-6-10(2)11-8-13(16-12(11)7-9)14(17)18-15(3,4)5/h6-7,13,16H,8H2,1-5H3. The Morgan fingerprint density at radius 3 is 2.61 bits per heavy atom. The third-order valence-corrected chi connectivity index (χ3v) is 3.05. The van der Waals surface area contributed by atoms with Crippen molar-refractivity contribution in [3.8, 4) is 0 Å². The minimum absolute atomic E-state index is 0.171. The van der Waals surface area contributed by atoms with Crippen molar-refractivity contribution in [3.63, 3.8) is 0 Å². The Labute approximate surface area is 109 Å². The van der Waals surface area contributed by atoms with Crippen LogP contribution in [0, 0.1) is 13.8 Å². The fourth-order valence-electron chi connectivity index (χ4n) is 2.36. The number of carbonyl (C=O) groups is 1. The molecule has 0 fully saturated rings. The van der Waals surface area contributed by atoms with Gasteiger partial charge in [-0.2, -0.15) is 0 Å². The molecule has 0 saturated heterocycles. The van der Waals surface area contributed by atoms with Gasteiger partial charge in [-0.25, -0.2) is 4.79 Å². The molecule has 1 unspecified atom stereocenters. The summed E-state index contributed by atoms with van der Waals surface area (Å²) in [6.45, 7) is 9.83. The van der Waals surface area contributed by atoms with Crippen LogP contribution in [0.25, 0.3) is 0 Å². The molecule has 3 nitrogen and oxygen atoms in total. The van der Waals surface area contributed by atoms with E-state index in [0.29, 0.717) is 0 Å². The van der Waals surface area contributed by atoms with Gasteiger partial charge in [0.2, 0.25) is 0 Å². The van der Waals surface area contributed by atoms with E-state index in [1.54, 1.807) is 0 Å². The molecule has 0 spiro atoms. The number of ether oxygens (including phenoxy) is 1. The molecule has 1 N–H and O–H groups in total. The molecule has 0 saturated carbocycles. The molecule has 1 aromatic rings. The van der Waals surface area contributed by atoms with Crippen molar-refractivity contribution in [2.75, 3.05) is 5.32 Å². The van der Waals surface area contributed by atoms with Gasteiger partial charge in [-0.15, -0.1) is 0 Å². The van der Waals surface area contributed by atoms with Gasteiger partial charge in [-0.3, -0.25) is 0 Å². The Morgan fingerprint density at radius 1 is 1.33 bits per heavy atom. The van der Waals surface area contributed by atoms with Gasteiger partial charge in [0.1, 0.15) is 11.6 Å². The molecule has 98 valence electrons. The SMILES string of the molecule is Cc1cc(C)c2c(c1)NC(C(=O)OC(C)(C)C)C2. The number of nitrogens with one attached hydrogen (secondary N) is 1. The number of hydrogen-bond acceptors (Lipinski definition) is 3. The average molecular weight is 247 g/mol. The van der Waals surface area contributed by atoms with Crippen LogP contribution in [0.2, 0.25) is 0 Å². The largest absolute Gasteiger partial charge is 0.458 e. The zero-order valence-electron chi connectivity index (χ0n) is 11.8. The van der Waals surface area contributed by atoms with E-state index in [1.165, 1.54) is 16.7 Å². The summed E-state index contributed by atoms with van der Waals surface area (Å²) < 4.78 is 5.42. The maximum Gasteiger partial charge on any atom is 0.329 e. The molecule has 0 bridgehead atoms. The topological polar surface area (TPSA) is 38.3 Å². The number of anilines is 1. The van der Waals surface area contributed by atoms with Crippen molar-refractivity contribution < 1.29 is 9.53 Å². The predicted octanol–water partition coefficient (Wildman–Crippen LogP) is 2.98. The maximum atomic E-state index is 12.0. The number of esters is 1. The highest BCUT2D eigenvalue weighted by atomic mass is 16.6. The Hall–Kier alpha value is -1.51. The third-order valence-electron chi connectivity index (χ3n) is 3.05. The summed E-state index contributed by atoms with van der Waals surface area (Å²) in [5.74, 6) is -0.171. The molecule has 0 aromatic heterocycles. The molecule has 1 aliphatic rings.